The van der Waals surface area contributed by atoms with Gasteiger partial charge in [0.25, 0.3) is 0 Å². The second kappa shape index (κ2) is 9.04. The number of ether oxygens (including phenoxy) is 2. The van der Waals surface area contributed by atoms with E-state index in [1.807, 2.05) is 13.0 Å². The molecule has 0 aliphatic carbocycles. The van der Waals surface area contributed by atoms with E-state index in [9.17, 15) is 9.59 Å². The molecule has 0 radical (unpaired) electrons. The van der Waals surface area contributed by atoms with Gasteiger partial charge in [0.2, 0.25) is 5.91 Å². The highest BCUT2D eigenvalue weighted by Gasteiger charge is 2.32. The number of nitrogens with zero attached hydrogens (tertiary/aromatic N) is 2. The molecular weight excluding hydrogens is 461 g/mol. The van der Waals surface area contributed by atoms with Gasteiger partial charge < -0.3 is 19.9 Å². The molecule has 1 aromatic rings. The van der Waals surface area contributed by atoms with Gasteiger partial charge in [0.05, 0.1) is 29.9 Å². The number of amidine groups is 1. The highest BCUT2D eigenvalue weighted by molar-refractivity contribution is 14.1. The molecule has 1 fully saturated rings. The zero-order valence-electron chi connectivity index (χ0n) is 13.5. The summed E-state index contributed by atoms with van der Waals surface area (Å²) in [4.78, 5) is 22.3. The van der Waals surface area contributed by atoms with Gasteiger partial charge in [-0.1, -0.05) is 11.8 Å². The minimum Gasteiger partial charge on any atom is -0.492 e. The van der Waals surface area contributed by atoms with Gasteiger partial charge in [-0.2, -0.15) is 5.10 Å². The summed E-state index contributed by atoms with van der Waals surface area (Å²) in [5.41, 5.74) is 0.759. The van der Waals surface area contributed by atoms with Crippen LogP contribution < -0.4 is 14.8 Å². The van der Waals surface area contributed by atoms with Crippen LogP contribution in [0.2, 0.25) is 0 Å². The van der Waals surface area contributed by atoms with Gasteiger partial charge in [0.15, 0.2) is 16.7 Å². The van der Waals surface area contributed by atoms with E-state index >= 15 is 0 Å². The number of aliphatic carboxylic acids is 1. The van der Waals surface area contributed by atoms with Crippen molar-refractivity contribution in [3.63, 3.8) is 0 Å². The normalized spacial score (nSPS) is 18.6. The summed E-state index contributed by atoms with van der Waals surface area (Å²) in [5.74, 6) is -0.148. The summed E-state index contributed by atoms with van der Waals surface area (Å²) < 4.78 is 11.7. The van der Waals surface area contributed by atoms with Gasteiger partial charge in [-0.15, -0.1) is 5.10 Å². The summed E-state index contributed by atoms with van der Waals surface area (Å²) in [6.45, 7) is 2.38. The molecule has 2 rings (SSSR count). The summed E-state index contributed by atoms with van der Waals surface area (Å²) in [6.07, 6.45) is 1.27. The topological polar surface area (TPSA) is 110 Å². The van der Waals surface area contributed by atoms with Crippen LogP contribution in [0.4, 0.5) is 0 Å². The second-order valence-corrected chi connectivity index (χ2v) is 7.16. The van der Waals surface area contributed by atoms with E-state index in [4.69, 9.17) is 14.6 Å². The highest BCUT2D eigenvalue weighted by atomic mass is 127. The zero-order valence-corrected chi connectivity index (χ0v) is 16.5. The number of carbonyl (C=O) groups excluding carboxylic acids is 1. The Morgan fingerprint density at radius 3 is 2.92 bits per heavy atom. The van der Waals surface area contributed by atoms with Gasteiger partial charge in [-0.3, -0.25) is 9.59 Å². The number of halogens is 1. The van der Waals surface area contributed by atoms with Crippen molar-refractivity contribution in [2.75, 3.05) is 13.7 Å². The molecular formula is C15H16IN3O5S. The van der Waals surface area contributed by atoms with Crippen molar-refractivity contribution in [3.05, 3.63) is 21.3 Å². The number of benzene rings is 1. The van der Waals surface area contributed by atoms with Crippen LogP contribution in [0.15, 0.2) is 22.3 Å². The number of carboxylic acid groups (broad SMARTS) is 1. The van der Waals surface area contributed by atoms with E-state index in [0.717, 1.165) is 20.9 Å². The molecule has 10 heteroatoms. The van der Waals surface area contributed by atoms with Gasteiger partial charge in [-0.05, 0) is 47.2 Å². The molecule has 1 amide bonds. The van der Waals surface area contributed by atoms with Crippen molar-refractivity contribution in [2.24, 2.45) is 10.2 Å². The molecule has 2 N–H and O–H groups in total. The van der Waals surface area contributed by atoms with E-state index < -0.39 is 11.2 Å². The van der Waals surface area contributed by atoms with Gasteiger partial charge in [0.1, 0.15) is 5.25 Å². The van der Waals surface area contributed by atoms with Gasteiger partial charge >= 0.3 is 5.97 Å². The minimum absolute atomic E-state index is 0.256. The fraction of sp³-hybridized carbons (Fsp3) is 0.333. The maximum atomic E-state index is 11.6. The molecule has 1 aliphatic rings. The van der Waals surface area contributed by atoms with Crippen LogP contribution in [0.1, 0.15) is 18.9 Å². The number of amides is 1. The lowest BCUT2D eigenvalue weighted by Crippen LogP contribution is -2.26. The number of hydrogen-bond acceptors (Lipinski definition) is 7. The Bertz CT molecular complexity index is 738. The molecule has 1 atom stereocenters. The average molecular weight is 477 g/mol. The molecule has 134 valence electrons. The number of carbonyl (C=O) groups is 2. The third kappa shape index (κ3) is 5.33. The van der Waals surface area contributed by atoms with Gasteiger partial charge in [-0.25, -0.2) is 0 Å². The van der Waals surface area contributed by atoms with E-state index in [2.05, 4.69) is 38.1 Å². The number of methoxy groups -OCH3 is 1. The number of hydrogen-bond donors (Lipinski definition) is 2. The highest BCUT2D eigenvalue weighted by Crippen LogP contribution is 2.33. The Morgan fingerprint density at radius 1 is 1.52 bits per heavy atom. The van der Waals surface area contributed by atoms with E-state index in [1.54, 1.807) is 13.2 Å². The standard InChI is InChI=1S/C15H16IN3O5S/c1-3-24-10-5-8(4-9(16)13(10)23-2)7-17-19-15-18-14(22)11(25-15)6-12(20)21/h4-5,7,11H,3,6H2,1-2H3,(H,20,21)(H,18,19,22). The maximum Gasteiger partial charge on any atom is 0.305 e. The summed E-state index contributed by atoms with van der Waals surface area (Å²) in [7, 11) is 1.58. The van der Waals surface area contributed by atoms with Crippen LogP contribution in [0.25, 0.3) is 0 Å². The summed E-state index contributed by atoms with van der Waals surface area (Å²) in [6, 6.07) is 3.64. The Morgan fingerprint density at radius 2 is 2.28 bits per heavy atom. The Balaban J connectivity index is 2.12. The van der Waals surface area contributed by atoms with Crippen LogP contribution in [-0.2, 0) is 9.59 Å². The van der Waals surface area contributed by atoms with E-state index in [0.29, 0.717) is 18.1 Å². The SMILES string of the molecule is CCOc1cc(C=NN=C2NC(=O)C(CC(=O)O)S2)cc(I)c1OC. The predicted molar refractivity (Wildman–Crippen MR) is 104 cm³/mol. The first-order chi connectivity index (χ1) is 11.9. The van der Waals surface area contributed by atoms with Crippen LogP contribution in [-0.4, -0.2) is 47.3 Å². The third-order valence-corrected chi connectivity index (χ3v) is 4.90. The van der Waals surface area contributed by atoms with Crippen LogP contribution in [0, 0.1) is 3.57 Å². The molecule has 25 heavy (non-hydrogen) atoms. The molecule has 1 unspecified atom stereocenters. The largest absolute Gasteiger partial charge is 0.492 e. The first-order valence-electron chi connectivity index (χ1n) is 7.25. The number of nitrogens with one attached hydrogen (secondary N) is 1. The Hall–Kier alpha value is -1.82. The van der Waals surface area contributed by atoms with Crippen molar-refractivity contribution < 1.29 is 24.2 Å². The average Bonchev–Trinajstić information content (AvgIpc) is 2.86. The lowest BCUT2D eigenvalue weighted by Gasteiger charge is -2.11. The fourth-order valence-corrected chi connectivity index (χ4v) is 3.78. The van der Waals surface area contributed by atoms with Crippen molar-refractivity contribution in [1.29, 1.82) is 0 Å². The Kier molecular flexibility index (Phi) is 7.05. The zero-order chi connectivity index (χ0) is 18.4. The van der Waals surface area contributed by atoms with E-state index in [1.165, 1.54) is 6.21 Å². The van der Waals surface area contributed by atoms with Crippen molar-refractivity contribution in [2.45, 2.75) is 18.6 Å². The predicted octanol–water partition coefficient (Wildman–Crippen LogP) is 2.09. The molecule has 0 spiro atoms. The molecule has 1 saturated heterocycles. The number of thioether (sulfide) groups is 1. The lowest BCUT2D eigenvalue weighted by molar-refractivity contribution is -0.138. The van der Waals surface area contributed by atoms with Crippen molar-refractivity contribution >= 4 is 57.6 Å². The molecule has 0 bridgehead atoms. The first-order valence-corrected chi connectivity index (χ1v) is 9.21. The first kappa shape index (κ1) is 19.5. The monoisotopic (exact) mass is 477 g/mol. The number of carboxylic acids is 1. The van der Waals surface area contributed by atoms with Gasteiger partial charge in [0, 0.05) is 0 Å². The molecule has 1 heterocycles. The van der Waals surface area contributed by atoms with Crippen LogP contribution >= 0.6 is 34.4 Å². The van der Waals surface area contributed by atoms with Crippen molar-refractivity contribution in [3.8, 4) is 11.5 Å². The summed E-state index contributed by atoms with van der Waals surface area (Å²) in [5, 5.41) is 18.7. The molecule has 0 aromatic heterocycles. The number of rotatable bonds is 7. The molecule has 1 aromatic carbocycles. The minimum atomic E-state index is -1.03. The van der Waals surface area contributed by atoms with Crippen molar-refractivity contribution in [1.82, 2.24) is 5.32 Å². The quantitative estimate of drug-likeness (QED) is 0.354. The van der Waals surface area contributed by atoms with Crippen LogP contribution in [0.3, 0.4) is 0 Å². The molecule has 1 aliphatic heterocycles. The smallest absolute Gasteiger partial charge is 0.305 e. The fourth-order valence-electron chi connectivity index (χ4n) is 2.02. The molecule has 8 nitrogen and oxygen atoms in total. The second-order valence-electron chi connectivity index (χ2n) is 4.81. The van der Waals surface area contributed by atoms with Crippen LogP contribution in [0.5, 0.6) is 11.5 Å². The lowest BCUT2D eigenvalue weighted by atomic mass is 10.2. The van der Waals surface area contributed by atoms with E-state index in [-0.39, 0.29) is 17.5 Å². The summed E-state index contributed by atoms with van der Waals surface area (Å²) >= 11 is 3.19. The Labute approximate surface area is 162 Å². The maximum absolute atomic E-state index is 11.6. The molecule has 0 saturated carbocycles. The third-order valence-electron chi connectivity index (χ3n) is 3.03.